The van der Waals surface area contributed by atoms with E-state index in [-0.39, 0.29) is 23.6 Å². The van der Waals surface area contributed by atoms with Crippen LogP contribution in [0.4, 0.5) is 0 Å². The fourth-order valence-electron chi connectivity index (χ4n) is 4.19. The molecule has 1 unspecified atom stereocenters. The number of piperidine rings is 1. The molecule has 0 aliphatic carbocycles. The Kier molecular flexibility index (Phi) is 5.08. The highest BCUT2D eigenvalue weighted by atomic mass is 32.2. The zero-order valence-electron chi connectivity index (χ0n) is 16.8. The Balaban J connectivity index is 1.38. The molecule has 0 bridgehead atoms. The minimum absolute atomic E-state index is 0.00924. The van der Waals surface area contributed by atoms with E-state index in [1.807, 2.05) is 30.3 Å². The fourth-order valence-corrected chi connectivity index (χ4v) is 5.32. The molecule has 4 heterocycles. The van der Waals surface area contributed by atoms with Gasteiger partial charge >= 0.3 is 0 Å². The molecular formula is C21H24N6O2S. The molecule has 1 fully saturated rings. The molecule has 9 heteroatoms. The predicted molar refractivity (Wildman–Crippen MR) is 116 cm³/mol. The van der Waals surface area contributed by atoms with Gasteiger partial charge in [0.15, 0.2) is 10.8 Å². The van der Waals surface area contributed by atoms with Gasteiger partial charge in [0.2, 0.25) is 5.91 Å². The van der Waals surface area contributed by atoms with Crippen molar-refractivity contribution in [1.29, 1.82) is 0 Å². The van der Waals surface area contributed by atoms with Gasteiger partial charge in [-0.25, -0.2) is 9.67 Å². The van der Waals surface area contributed by atoms with Crippen LogP contribution in [0.3, 0.4) is 0 Å². The summed E-state index contributed by atoms with van der Waals surface area (Å²) in [6.45, 7) is 2.00. The molecule has 0 radical (unpaired) electrons. The van der Waals surface area contributed by atoms with Gasteiger partial charge in [-0.1, -0.05) is 30.0 Å². The van der Waals surface area contributed by atoms with Crippen molar-refractivity contribution in [3.05, 3.63) is 46.9 Å². The van der Waals surface area contributed by atoms with Gasteiger partial charge in [-0.05, 0) is 45.1 Å². The maximum absolute atomic E-state index is 13.2. The molecule has 2 aromatic heterocycles. The van der Waals surface area contributed by atoms with Crippen molar-refractivity contribution in [3.63, 3.8) is 0 Å². The summed E-state index contributed by atoms with van der Waals surface area (Å²) in [5, 5.41) is 8.67. The Bertz CT molecular complexity index is 1130. The van der Waals surface area contributed by atoms with Crippen LogP contribution in [0.5, 0.6) is 0 Å². The summed E-state index contributed by atoms with van der Waals surface area (Å²) in [6, 6.07) is 9.70. The highest BCUT2D eigenvalue weighted by Gasteiger charge is 2.30. The minimum atomic E-state index is -0.180. The molecule has 2 aliphatic rings. The number of hydrogen-bond acceptors (Lipinski definition) is 6. The lowest BCUT2D eigenvalue weighted by Gasteiger charge is -2.29. The number of rotatable bonds is 4. The predicted octanol–water partition coefficient (Wildman–Crippen LogP) is 1.83. The molecule has 2 aliphatic heterocycles. The molecule has 1 N–H and O–H groups in total. The minimum Gasteiger partial charge on any atom is -0.353 e. The van der Waals surface area contributed by atoms with Gasteiger partial charge < -0.3 is 10.2 Å². The summed E-state index contributed by atoms with van der Waals surface area (Å²) in [6.07, 6.45) is 3.81. The number of benzene rings is 1. The third-order valence-corrected chi connectivity index (χ3v) is 6.97. The van der Waals surface area contributed by atoms with Crippen molar-refractivity contribution in [2.75, 3.05) is 25.9 Å². The molecule has 5 rings (SSSR count). The fraction of sp³-hybridized carbons (Fsp3) is 0.429. The monoisotopic (exact) mass is 424 g/mol. The molecule has 1 atom stereocenters. The average molecular weight is 425 g/mol. The molecular weight excluding hydrogens is 400 g/mol. The Morgan fingerprint density at radius 2 is 2.00 bits per heavy atom. The number of aromatic nitrogens is 4. The first-order valence-electron chi connectivity index (χ1n) is 10.3. The number of thioether (sulfide) groups is 1. The number of nitrogens with zero attached hydrogens (tertiary/aromatic N) is 5. The van der Waals surface area contributed by atoms with E-state index in [1.165, 1.54) is 11.8 Å². The SMILES string of the molecule is CN1CCC(NC(=O)CC2CSc3nc4c(cnn4-c4ccccc4)c(=O)n32)CC1. The van der Waals surface area contributed by atoms with Crippen LogP contribution in [0.1, 0.15) is 25.3 Å². The maximum Gasteiger partial charge on any atom is 0.265 e. The number of amides is 1. The number of likely N-dealkylation sites (tertiary alicyclic amines) is 1. The van der Waals surface area contributed by atoms with E-state index in [0.29, 0.717) is 28.4 Å². The van der Waals surface area contributed by atoms with Crippen molar-refractivity contribution in [2.24, 2.45) is 0 Å². The van der Waals surface area contributed by atoms with E-state index in [9.17, 15) is 9.59 Å². The topological polar surface area (TPSA) is 85.1 Å². The van der Waals surface area contributed by atoms with Crippen LogP contribution in [0.2, 0.25) is 0 Å². The molecule has 156 valence electrons. The van der Waals surface area contributed by atoms with E-state index in [1.54, 1.807) is 15.4 Å². The second-order valence-electron chi connectivity index (χ2n) is 8.01. The lowest BCUT2D eigenvalue weighted by molar-refractivity contribution is -0.122. The number of fused-ring (bicyclic) bond motifs is 2. The van der Waals surface area contributed by atoms with Crippen molar-refractivity contribution in [2.45, 2.75) is 36.5 Å². The van der Waals surface area contributed by atoms with E-state index in [4.69, 9.17) is 4.98 Å². The van der Waals surface area contributed by atoms with Gasteiger partial charge in [-0.15, -0.1) is 0 Å². The number of nitrogens with one attached hydrogen (secondary N) is 1. The van der Waals surface area contributed by atoms with Crippen LogP contribution in [0.15, 0.2) is 46.5 Å². The summed E-state index contributed by atoms with van der Waals surface area (Å²) in [7, 11) is 2.10. The third-order valence-electron chi connectivity index (χ3n) is 5.88. The van der Waals surface area contributed by atoms with Crippen LogP contribution in [-0.2, 0) is 4.79 Å². The number of hydrogen-bond donors (Lipinski definition) is 1. The lowest BCUT2D eigenvalue weighted by atomic mass is 10.1. The number of carbonyl (C=O) groups is 1. The van der Waals surface area contributed by atoms with Crippen LogP contribution in [0, 0.1) is 0 Å². The summed E-state index contributed by atoms with van der Waals surface area (Å²) in [4.78, 5) is 32.8. The maximum atomic E-state index is 13.2. The van der Waals surface area contributed by atoms with E-state index >= 15 is 0 Å². The standard InChI is InChI=1S/C21H24N6O2S/c1-25-9-7-14(8-10-25)23-18(28)11-16-13-30-21-24-19-17(20(29)26(16)21)12-22-27(19)15-5-3-2-4-6-15/h2-6,12,14,16H,7-11,13H2,1H3,(H,23,28). The molecule has 1 amide bonds. The second-order valence-corrected chi connectivity index (χ2v) is 9.00. The number of para-hydroxylation sites is 1. The number of carbonyl (C=O) groups excluding carboxylic acids is 1. The Hall–Kier alpha value is -2.65. The zero-order chi connectivity index (χ0) is 20.7. The van der Waals surface area contributed by atoms with Gasteiger partial charge in [0.1, 0.15) is 5.39 Å². The first-order chi connectivity index (χ1) is 14.6. The van der Waals surface area contributed by atoms with Crippen LogP contribution >= 0.6 is 11.8 Å². The van der Waals surface area contributed by atoms with Gasteiger partial charge in [0.05, 0.1) is 17.9 Å². The molecule has 30 heavy (non-hydrogen) atoms. The summed E-state index contributed by atoms with van der Waals surface area (Å²) in [5.74, 6) is 0.684. The largest absolute Gasteiger partial charge is 0.353 e. The summed E-state index contributed by atoms with van der Waals surface area (Å²) < 4.78 is 3.37. The lowest BCUT2D eigenvalue weighted by Crippen LogP contribution is -2.44. The van der Waals surface area contributed by atoms with Crippen molar-refractivity contribution < 1.29 is 4.79 Å². The van der Waals surface area contributed by atoms with Crippen LogP contribution in [0.25, 0.3) is 16.7 Å². The van der Waals surface area contributed by atoms with Crippen LogP contribution in [-0.4, -0.2) is 62.1 Å². The zero-order valence-corrected chi connectivity index (χ0v) is 17.6. The first kappa shape index (κ1) is 19.3. The highest BCUT2D eigenvalue weighted by molar-refractivity contribution is 7.99. The Morgan fingerprint density at radius 3 is 2.77 bits per heavy atom. The summed E-state index contributed by atoms with van der Waals surface area (Å²) in [5.41, 5.74) is 1.29. The molecule has 1 saturated heterocycles. The molecule has 0 spiro atoms. The van der Waals surface area contributed by atoms with Crippen molar-refractivity contribution in [3.8, 4) is 5.69 Å². The van der Waals surface area contributed by atoms with E-state index in [2.05, 4.69) is 22.4 Å². The summed E-state index contributed by atoms with van der Waals surface area (Å²) >= 11 is 1.52. The second kappa shape index (κ2) is 7.88. The van der Waals surface area contributed by atoms with Crippen molar-refractivity contribution >= 4 is 28.7 Å². The van der Waals surface area contributed by atoms with E-state index in [0.717, 1.165) is 31.6 Å². The Labute approximate surface area is 178 Å². The van der Waals surface area contributed by atoms with Gasteiger partial charge in [0.25, 0.3) is 5.56 Å². The first-order valence-corrected chi connectivity index (χ1v) is 11.2. The smallest absolute Gasteiger partial charge is 0.265 e. The average Bonchev–Trinajstić information content (AvgIpc) is 3.35. The van der Waals surface area contributed by atoms with Gasteiger partial charge in [0, 0.05) is 18.2 Å². The van der Waals surface area contributed by atoms with Gasteiger partial charge in [-0.2, -0.15) is 5.10 Å². The normalized spacial score (nSPS) is 19.8. The quantitative estimate of drug-likeness (QED) is 0.644. The molecule has 8 nitrogen and oxygen atoms in total. The molecule has 1 aromatic carbocycles. The Morgan fingerprint density at radius 1 is 1.23 bits per heavy atom. The third kappa shape index (κ3) is 3.52. The molecule has 0 saturated carbocycles. The van der Waals surface area contributed by atoms with Crippen LogP contribution < -0.4 is 10.9 Å². The highest BCUT2D eigenvalue weighted by Crippen LogP contribution is 2.33. The van der Waals surface area contributed by atoms with E-state index < -0.39 is 0 Å². The molecule has 3 aromatic rings. The van der Waals surface area contributed by atoms with Gasteiger partial charge in [-0.3, -0.25) is 14.2 Å². The van der Waals surface area contributed by atoms with Crippen molar-refractivity contribution in [1.82, 2.24) is 29.5 Å².